The number of hydrogen-bond acceptors (Lipinski definition) is 4. The Labute approximate surface area is 163 Å². The molecule has 2 amide bonds. The van der Waals surface area contributed by atoms with Crippen LogP contribution in [0, 0.1) is 0 Å². The number of methoxy groups -OCH3 is 1. The van der Waals surface area contributed by atoms with Crippen LogP contribution >= 0.6 is 23.4 Å². The predicted octanol–water partition coefficient (Wildman–Crippen LogP) is 4.34. The third-order valence-electron chi connectivity index (χ3n) is 3.45. The number of halogens is 1. The number of rotatable bonds is 9. The van der Waals surface area contributed by atoms with Gasteiger partial charge in [-0.15, -0.1) is 11.8 Å². The molecule has 0 saturated heterocycles. The van der Waals surface area contributed by atoms with Crippen LogP contribution in [-0.2, 0) is 6.54 Å². The van der Waals surface area contributed by atoms with Gasteiger partial charge in [0.15, 0.2) is 11.5 Å². The van der Waals surface area contributed by atoms with E-state index in [2.05, 4.69) is 10.6 Å². The van der Waals surface area contributed by atoms with Gasteiger partial charge in [-0.2, -0.15) is 0 Å². The molecule has 0 bridgehead atoms. The first-order valence-electron chi connectivity index (χ1n) is 8.32. The Bertz CT molecular complexity index is 710. The van der Waals surface area contributed by atoms with Crippen LogP contribution in [0.5, 0.6) is 11.5 Å². The van der Waals surface area contributed by atoms with Gasteiger partial charge >= 0.3 is 6.03 Å². The maximum Gasteiger partial charge on any atom is 0.315 e. The minimum Gasteiger partial charge on any atom is -0.493 e. The number of urea groups is 1. The average Bonchev–Trinajstić information content (AvgIpc) is 2.66. The quantitative estimate of drug-likeness (QED) is 0.490. The fourth-order valence-electron chi connectivity index (χ4n) is 2.21. The number of thioether (sulfide) groups is 1. The summed E-state index contributed by atoms with van der Waals surface area (Å²) in [6.07, 6.45) is 0. The predicted molar refractivity (Wildman–Crippen MR) is 107 cm³/mol. The van der Waals surface area contributed by atoms with Gasteiger partial charge in [0.05, 0.1) is 13.7 Å². The van der Waals surface area contributed by atoms with Crippen molar-refractivity contribution in [3.63, 3.8) is 0 Å². The van der Waals surface area contributed by atoms with E-state index in [1.54, 1.807) is 18.9 Å². The van der Waals surface area contributed by atoms with Crippen LogP contribution in [0.25, 0.3) is 0 Å². The molecule has 0 heterocycles. The SMILES string of the molecule is CCOc1ccc(CNC(=O)NCCSc2ccc(Cl)cc2)cc1OC. The molecule has 2 aromatic carbocycles. The summed E-state index contributed by atoms with van der Waals surface area (Å²) in [4.78, 5) is 13.0. The van der Waals surface area contributed by atoms with E-state index in [0.717, 1.165) is 21.2 Å². The molecule has 0 aliphatic rings. The van der Waals surface area contributed by atoms with Crippen LogP contribution in [0.2, 0.25) is 5.02 Å². The van der Waals surface area contributed by atoms with Gasteiger partial charge in [-0.1, -0.05) is 17.7 Å². The number of hydrogen-bond donors (Lipinski definition) is 2. The largest absolute Gasteiger partial charge is 0.493 e. The van der Waals surface area contributed by atoms with Gasteiger partial charge in [0.1, 0.15) is 0 Å². The Kier molecular flexibility index (Phi) is 8.44. The molecule has 0 atom stereocenters. The van der Waals surface area contributed by atoms with Crippen molar-refractivity contribution < 1.29 is 14.3 Å². The van der Waals surface area contributed by atoms with E-state index in [9.17, 15) is 4.79 Å². The molecule has 5 nitrogen and oxygen atoms in total. The summed E-state index contributed by atoms with van der Waals surface area (Å²) in [5.41, 5.74) is 0.941. The summed E-state index contributed by atoms with van der Waals surface area (Å²) in [7, 11) is 1.60. The highest BCUT2D eigenvalue weighted by molar-refractivity contribution is 7.99. The number of carbonyl (C=O) groups is 1. The van der Waals surface area contributed by atoms with E-state index in [4.69, 9.17) is 21.1 Å². The van der Waals surface area contributed by atoms with Crippen LogP contribution in [0.3, 0.4) is 0 Å². The van der Waals surface area contributed by atoms with E-state index >= 15 is 0 Å². The second-order valence-corrected chi connectivity index (χ2v) is 6.93. The van der Waals surface area contributed by atoms with Gasteiger partial charge in [0.25, 0.3) is 0 Å². The van der Waals surface area contributed by atoms with Crippen LogP contribution < -0.4 is 20.1 Å². The van der Waals surface area contributed by atoms with E-state index < -0.39 is 0 Å². The van der Waals surface area contributed by atoms with Crippen molar-refractivity contribution in [2.45, 2.75) is 18.4 Å². The Morgan fingerprint density at radius 2 is 1.88 bits per heavy atom. The van der Waals surface area contributed by atoms with Crippen molar-refractivity contribution in [1.82, 2.24) is 10.6 Å². The Hall–Kier alpha value is -2.05. The number of ether oxygens (including phenoxy) is 2. The molecule has 0 spiro atoms. The number of nitrogens with one attached hydrogen (secondary N) is 2. The summed E-state index contributed by atoms with van der Waals surface area (Å²) in [6, 6.07) is 13.1. The highest BCUT2D eigenvalue weighted by Crippen LogP contribution is 2.27. The molecule has 2 rings (SSSR count). The van der Waals surface area contributed by atoms with Gasteiger partial charge in [0, 0.05) is 28.8 Å². The Morgan fingerprint density at radius 3 is 2.58 bits per heavy atom. The zero-order valence-corrected chi connectivity index (χ0v) is 16.5. The minimum atomic E-state index is -0.199. The lowest BCUT2D eigenvalue weighted by Crippen LogP contribution is -2.36. The maximum atomic E-state index is 11.9. The Balaban J connectivity index is 1.70. The van der Waals surface area contributed by atoms with Gasteiger partial charge in [-0.25, -0.2) is 4.79 Å². The van der Waals surface area contributed by atoms with Gasteiger partial charge in [-0.3, -0.25) is 0 Å². The van der Waals surface area contributed by atoms with E-state index in [-0.39, 0.29) is 6.03 Å². The topological polar surface area (TPSA) is 59.6 Å². The lowest BCUT2D eigenvalue weighted by molar-refractivity contribution is 0.241. The summed E-state index contributed by atoms with van der Waals surface area (Å²) in [5, 5.41) is 6.40. The lowest BCUT2D eigenvalue weighted by Gasteiger charge is -2.12. The first-order chi connectivity index (χ1) is 12.6. The molecule has 0 unspecified atom stereocenters. The second-order valence-electron chi connectivity index (χ2n) is 5.33. The van der Waals surface area contributed by atoms with Crippen molar-refractivity contribution in [3.8, 4) is 11.5 Å². The zero-order valence-electron chi connectivity index (χ0n) is 14.9. The van der Waals surface area contributed by atoms with Gasteiger partial charge in [0.2, 0.25) is 0 Å². The van der Waals surface area contributed by atoms with Crippen molar-refractivity contribution in [3.05, 3.63) is 53.1 Å². The monoisotopic (exact) mass is 394 g/mol. The average molecular weight is 395 g/mol. The highest BCUT2D eigenvalue weighted by Gasteiger charge is 2.06. The molecule has 0 aliphatic carbocycles. The summed E-state index contributed by atoms with van der Waals surface area (Å²) in [6.45, 7) is 3.49. The maximum absolute atomic E-state index is 11.9. The Morgan fingerprint density at radius 1 is 1.12 bits per heavy atom. The molecule has 0 radical (unpaired) electrons. The first-order valence-corrected chi connectivity index (χ1v) is 9.68. The number of amides is 2. The third kappa shape index (κ3) is 6.69. The van der Waals surface area contributed by atoms with E-state index in [1.165, 1.54) is 0 Å². The highest BCUT2D eigenvalue weighted by atomic mass is 35.5. The second kappa shape index (κ2) is 10.8. The van der Waals surface area contributed by atoms with Crippen LogP contribution in [-0.4, -0.2) is 32.0 Å². The molecule has 140 valence electrons. The molecule has 7 heteroatoms. The molecule has 0 aromatic heterocycles. The molecule has 2 aromatic rings. The fourth-order valence-corrected chi connectivity index (χ4v) is 3.10. The third-order valence-corrected chi connectivity index (χ3v) is 4.72. The van der Waals surface area contributed by atoms with Crippen molar-refractivity contribution in [1.29, 1.82) is 0 Å². The van der Waals surface area contributed by atoms with Crippen LogP contribution in [0.15, 0.2) is 47.4 Å². The molecule has 0 fully saturated rings. The molecular formula is C19H23ClN2O3S. The van der Waals surface area contributed by atoms with Gasteiger partial charge in [-0.05, 0) is 48.9 Å². The van der Waals surface area contributed by atoms with E-state index in [0.29, 0.717) is 31.2 Å². The van der Waals surface area contributed by atoms with Crippen molar-refractivity contribution >= 4 is 29.4 Å². The summed E-state index contributed by atoms with van der Waals surface area (Å²) < 4.78 is 10.8. The molecule has 0 aliphatic heterocycles. The molecule has 2 N–H and O–H groups in total. The zero-order chi connectivity index (χ0) is 18.8. The number of carbonyl (C=O) groups excluding carboxylic acids is 1. The molecule has 0 saturated carbocycles. The van der Waals surface area contributed by atoms with Gasteiger partial charge < -0.3 is 20.1 Å². The van der Waals surface area contributed by atoms with Crippen LogP contribution in [0.4, 0.5) is 4.79 Å². The van der Waals surface area contributed by atoms with Crippen molar-refractivity contribution in [2.75, 3.05) is 26.0 Å². The lowest BCUT2D eigenvalue weighted by atomic mass is 10.2. The molecular weight excluding hydrogens is 372 g/mol. The molecule has 26 heavy (non-hydrogen) atoms. The first kappa shape index (κ1) is 20.3. The van der Waals surface area contributed by atoms with Crippen molar-refractivity contribution in [2.24, 2.45) is 0 Å². The number of benzene rings is 2. The van der Waals surface area contributed by atoms with E-state index in [1.807, 2.05) is 49.4 Å². The normalized spacial score (nSPS) is 10.3. The minimum absolute atomic E-state index is 0.199. The summed E-state index contributed by atoms with van der Waals surface area (Å²) in [5.74, 6) is 2.14. The van der Waals surface area contributed by atoms with Crippen LogP contribution in [0.1, 0.15) is 12.5 Å². The summed E-state index contributed by atoms with van der Waals surface area (Å²) >= 11 is 7.52. The standard InChI is InChI=1S/C19H23ClN2O3S/c1-3-25-17-9-4-14(12-18(17)24-2)13-22-19(23)21-10-11-26-16-7-5-15(20)6-8-16/h4-9,12H,3,10-11,13H2,1-2H3,(H2,21,22,23). The fraction of sp³-hybridized carbons (Fsp3) is 0.316. The smallest absolute Gasteiger partial charge is 0.315 e.